The molecule has 100 valence electrons. The number of hydrogen-bond donors (Lipinski definition) is 1. The summed E-state index contributed by atoms with van der Waals surface area (Å²) in [5.74, 6) is -0.249. The summed E-state index contributed by atoms with van der Waals surface area (Å²) in [5, 5.41) is 6.47. The van der Waals surface area contributed by atoms with Crippen LogP contribution in [0, 0.1) is 0 Å². The number of nitrogens with zero attached hydrogens (tertiary/aromatic N) is 2. The fourth-order valence-electron chi connectivity index (χ4n) is 1.32. The molecule has 0 saturated carbocycles. The summed E-state index contributed by atoms with van der Waals surface area (Å²) in [6, 6.07) is 0.935. The number of alkyl carbamates (subject to hydrolysis) is 1. The van der Waals surface area contributed by atoms with E-state index in [0.717, 1.165) is 0 Å². The second-order valence-corrected chi connectivity index (χ2v) is 5.11. The van der Waals surface area contributed by atoms with Crippen molar-refractivity contribution in [2.75, 3.05) is 0 Å². The van der Waals surface area contributed by atoms with E-state index in [-0.39, 0.29) is 5.78 Å². The van der Waals surface area contributed by atoms with E-state index >= 15 is 0 Å². The second kappa shape index (κ2) is 5.20. The third kappa shape index (κ3) is 4.20. The highest BCUT2D eigenvalue weighted by molar-refractivity contribution is 5.99. The van der Waals surface area contributed by atoms with Gasteiger partial charge in [-0.3, -0.25) is 9.48 Å². The highest BCUT2D eigenvalue weighted by Gasteiger charge is 2.22. The lowest BCUT2D eigenvalue weighted by Crippen LogP contribution is -2.41. The minimum Gasteiger partial charge on any atom is -0.444 e. The molecule has 18 heavy (non-hydrogen) atoms. The Kier molecular flexibility index (Phi) is 4.11. The van der Waals surface area contributed by atoms with Gasteiger partial charge in [0.25, 0.3) is 0 Å². The molecule has 1 amide bonds. The van der Waals surface area contributed by atoms with E-state index < -0.39 is 17.7 Å². The standard InChI is InChI=1S/C12H19N3O3/c1-8(13-11(17)18-12(2,3)4)10(16)9-6-7-15(5)14-9/h6-8H,1-5H3,(H,13,17). The Labute approximate surface area is 106 Å². The highest BCUT2D eigenvalue weighted by Crippen LogP contribution is 2.07. The third-order valence-corrected chi connectivity index (χ3v) is 2.09. The predicted octanol–water partition coefficient (Wildman–Crippen LogP) is 1.52. The fraction of sp³-hybridized carbons (Fsp3) is 0.583. The maximum Gasteiger partial charge on any atom is 0.408 e. The number of nitrogens with one attached hydrogen (secondary N) is 1. The predicted molar refractivity (Wildman–Crippen MR) is 66.4 cm³/mol. The SMILES string of the molecule is CC(NC(=O)OC(C)(C)C)C(=O)c1ccn(C)n1. The van der Waals surface area contributed by atoms with Crippen LogP contribution < -0.4 is 5.32 Å². The molecule has 0 aromatic carbocycles. The van der Waals surface area contributed by atoms with Gasteiger partial charge in [-0.15, -0.1) is 0 Å². The molecular weight excluding hydrogens is 234 g/mol. The van der Waals surface area contributed by atoms with Crippen LogP contribution >= 0.6 is 0 Å². The largest absolute Gasteiger partial charge is 0.444 e. The number of aromatic nitrogens is 2. The molecule has 0 fully saturated rings. The summed E-state index contributed by atoms with van der Waals surface area (Å²) in [4.78, 5) is 23.4. The van der Waals surface area contributed by atoms with Gasteiger partial charge in [0.05, 0.1) is 6.04 Å². The van der Waals surface area contributed by atoms with Crippen LogP contribution in [0.15, 0.2) is 12.3 Å². The summed E-state index contributed by atoms with van der Waals surface area (Å²) in [7, 11) is 1.72. The molecule has 0 saturated heterocycles. The number of rotatable bonds is 3. The molecule has 0 radical (unpaired) electrons. The van der Waals surface area contributed by atoms with Crippen molar-refractivity contribution in [3.63, 3.8) is 0 Å². The maximum atomic E-state index is 11.9. The average molecular weight is 253 g/mol. The van der Waals surface area contributed by atoms with Crippen molar-refractivity contribution >= 4 is 11.9 Å². The first-order chi connectivity index (χ1) is 8.19. The Morgan fingerprint density at radius 1 is 1.44 bits per heavy atom. The summed E-state index contributed by atoms with van der Waals surface area (Å²) < 4.78 is 6.61. The first-order valence-electron chi connectivity index (χ1n) is 5.72. The zero-order chi connectivity index (χ0) is 13.9. The molecule has 0 aliphatic heterocycles. The summed E-state index contributed by atoms with van der Waals surface area (Å²) >= 11 is 0. The molecule has 0 aliphatic rings. The number of Topliss-reactive ketones (excluding diaryl/α,β-unsaturated/α-hetero) is 1. The normalized spacial score (nSPS) is 12.9. The van der Waals surface area contributed by atoms with Crippen LogP contribution in [-0.4, -0.2) is 33.3 Å². The Balaban J connectivity index is 2.58. The first kappa shape index (κ1) is 14.2. The number of ketones is 1. The zero-order valence-electron chi connectivity index (χ0n) is 11.4. The van der Waals surface area contributed by atoms with Gasteiger partial charge in [-0.25, -0.2) is 4.79 Å². The Morgan fingerprint density at radius 3 is 2.50 bits per heavy atom. The van der Waals surface area contributed by atoms with Gasteiger partial charge in [0.1, 0.15) is 11.3 Å². The third-order valence-electron chi connectivity index (χ3n) is 2.09. The Morgan fingerprint density at radius 2 is 2.06 bits per heavy atom. The van der Waals surface area contributed by atoms with Crippen molar-refractivity contribution < 1.29 is 14.3 Å². The van der Waals surface area contributed by atoms with E-state index in [9.17, 15) is 9.59 Å². The minimum absolute atomic E-state index is 0.249. The molecule has 6 nitrogen and oxygen atoms in total. The smallest absolute Gasteiger partial charge is 0.408 e. The van der Waals surface area contributed by atoms with Gasteiger partial charge in [0.15, 0.2) is 0 Å². The maximum absolute atomic E-state index is 11.9. The number of carbonyl (C=O) groups excluding carboxylic acids is 2. The van der Waals surface area contributed by atoms with Crippen LogP contribution in [-0.2, 0) is 11.8 Å². The number of amides is 1. The van der Waals surface area contributed by atoms with E-state index in [0.29, 0.717) is 5.69 Å². The molecule has 0 spiro atoms. The number of aryl methyl sites for hydroxylation is 1. The van der Waals surface area contributed by atoms with E-state index in [2.05, 4.69) is 10.4 Å². The number of ether oxygens (including phenoxy) is 1. The quantitative estimate of drug-likeness (QED) is 0.829. The Hall–Kier alpha value is -1.85. The van der Waals surface area contributed by atoms with Crippen molar-refractivity contribution in [1.82, 2.24) is 15.1 Å². The molecule has 0 bridgehead atoms. The van der Waals surface area contributed by atoms with Crippen LogP contribution in [0.25, 0.3) is 0 Å². The van der Waals surface area contributed by atoms with Crippen LogP contribution in [0.3, 0.4) is 0 Å². The van der Waals surface area contributed by atoms with Crippen LogP contribution in [0.2, 0.25) is 0 Å². The minimum atomic E-state index is -0.672. The lowest BCUT2D eigenvalue weighted by Gasteiger charge is -2.21. The van der Waals surface area contributed by atoms with Gasteiger partial charge in [-0.2, -0.15) is 5.10 Å². The van der Waals surface area contributed by atoms with Gasteiger partial charge in [0.2, 0.25) is 5.78 Å². The van der Waals surface area contributed by atoms with E-state index in [4.69, 9.17) is 4.74 Å². The number of carbonyl (C=O) groups is 2. The van der Waals surface area contributed by atoms with Crippen LogP contribution in [0.4, 0.5) is 4.79 Å². The molecule has 1 rings (SSSR count). The van der Waals surface area contributed by atoms with Gasteiger partial charge in [-0.1, -0.05) is 0 Å². The first-order valence-corrected chi connectivity index (χ1v) is 5.72. The summed E-state index contributed by atoms with van der Waals surface area (Å²) in [6.07, 6.45) is 1.06. The molecule has 1 unspecified atom stereocenters. The fourth-order valence-corrected chi connectivity index (χ4v) is 1.32. The van der Waals surface area contributed by atoms with E-state index in [1.165, 1.54) is 4.68 Å². The number of hydrogen-bond acceptors (Lipinski definition) is 4. The van der Waals surface area contributed by atoms with Gasteiger partial charge in [-0.05, 0) is 33.8 Å². The molecule has 1 aromatic heterocycles. The molecule has 1 N–H and O–H groups in total. The van der Waals surface area contributed by atoms with Crippen LogP contribution in [0.5, 0.6) is 0 Å². The average Bonchev–Trinajstić information content (AvgIpc) is 2.60. The lowest BCUT2D eigenvalue weighted by molar-refractivity contribution is 0.0496. The molecule has 1 heterocycles. The molecule has 0 aliphatic carbocycles. The molecular formula is C12H19N3O3. The lowest BCUT2D eigenvalue weighted by atomic mass is 10.1. The Bertz CT molecular complexity index is 446. The molecule has 6 heteroatoms. The van der Waals surface area contributed by atoms with Gasteiger partial charge in [0, 0.05) is 13.2 Å². The molecule has 1 atom stereocenters. The monoisotopic (exact) mass is 253 g/mol. The van der Waals surface area contributed by atoms with E-state index in [1.54, 1.807) is 47.0 Å². The van der Waals surface area contributed by atoms with Gasteiger partial charge < -0.3 is 10.1 Å². The van der Waals surface area contributed by atoms with Crippen molar-refractivity contribution in [2.24, 2.45) is 7.05 Å². The van der Waals surface area contributed by atoms with Crippen LogP contribution in [0.1, 0.15) is 38.2 Å². The second-order valence-electron chi connectivity index (χ2n) is 5.11. The van der Waals surface area contributed by atoms with E-state index in [1.807, 2.05) is 0 Å². The zero-order valence-corrected chi connectivity index (χ0v) is 11.4. The van der Waals surface area contributed by atoms with Crippen molar-refractivity contribution in [3.05, 3.63) is 18.0 Å². The summed E-state index contributed by atoms with van der Waals surface area (Å²) in [5.41, 5.74) is -0.265. The summed E-state index contributed by atoms with van der Waals surface area (Å²) in [6.45, 7) is 6.88. The molecule has 1 aromatic rings. The van der Waals surface area contributed by atoms with Crippen molar-refractivity contribution in [2.45, 2.75) is 39.3 Å². The highest BCUT2D eigenvalue weighted by atomic mass is 16.6. The van der Waals surface area contributed by atoms with Crippen molar-refractivity contribution in [1.29, 1.82) is 0 Å². The van der Waals surface area contributed by atoms with Crippen molar-refractivity contribution in [3.8, 4) is 0 Å². The topological polar surface area (TPSA) is 73.2 Å². The van der Waals surface area contributed by atoms with Gasteiger partial charge >= 0.3 is 6.09 Å².